The van der Waals surface area contributed by atoms with Gasteiger partial charge in [0, 0.05) is 12.1 Å². The lowest BCUT2D eigenvalue weighted by Gasteiger charge is -2.39. The van der Waals surface area contributed by atoms with E-state index in [4.69, 9.17) is 9.16 Å². The van der Waals surface area contributed by atoms with Gasteiger partial charge >= 0.3 is 5.97 Å². The molecule has 2 aromatic carbocycles. The van der Waals surface area contributed by atoms with Gasteiger partial charge in [-0.2, -0.15) is 5.10 Å². The van der Waals surface area contributed by atoms with Crippen LogP contribution < -0.4 is 5.01 Å². The summed E-state index contributed by atoms with van der Waals surface area (Å²) in [7, 11) is -2.13. The van der Waals surface area contributed by atoms with Crippen molar-refractivity contribution in [1.82, 2.24) is 0 Å². The van der Waals surface area contributed by atoms with Gasteiger partial charge in [0.25, 0.3) is 0 Å². The number of carbonyl (C=O) groups is 1. The topological polar surface area (TPSA) is 63.5 Å². The molecule has 2 aliphatic rings. The van der Waals surface area contributed by atoms with E-state index in [9.17, 15) is 13.6 Å². The molecule has 0 fully saturated rings. The van der Waals surface area contributed by atoms with Gasteiger partial charge in [0.1, 0.15) is 24.2 Å². The molecule has 2 aromatic rings. The summed E-state index contributed by atoms with van der Waals surface area (Å²) < 4.78 is 39.4. The number of aliphatic imine (C=N–C) groups is 1. The van der Waals surface area contributed by atoms with E-state index in [1.807, 2.05) is 6.21 Å². The Labute approximate surface area is 212 Å². The third-order valence-electron chi connectivity index (χ3n) is 7.23. The van der Waals surface area contributed by atoms with Crippen LogP contribution in [0.3, 0.4) is 0 Å². The van der Waals surface area contributed by atoms with Crippen LogP contribution in [0.15, 0.2) is 58.6 Å². The zero-order valence-electron chi connectivity index (χ0n) is 21.4. The van der Waals surface area contributed by atoms with Gasteiger partial charge in [0.2, 0.25) is 5.90 Å². The molecule has 0 spiro atoms. The Morgan fingerprint density at radius 3 is 2.25 bits per heavy atom. The predicted molar refractivity (Wildman–Crippen MR) is 140 cm³/mol. The summed E-state index contributed by atoms with van der Waals surface area (Å²) in [4.78, 5) is 16.2. The zero-order valence-corrected chi connectivity index (χ0v) is 22.4. The van der Waals surface area contributed by atoms with Gasteiger partial charge in [-0.05, 0) is 72.9 Å². The molecular formula is C27H33F2N3O3Si. The van der Waals surface area contributed by atoms with Crippen LogP contribution in [0.5, 0.6) is 0 Å². The molecule has 0 aliphatic carbocycles. The maximum Gasteiger partial charge on any atom is 0.334 e. The van der Waals surface area contributed by atoms with E-state index in [-0.39, 0.29) is 35.2 Å². The molecular weight excluding hydrogens is 480 g/mol. The third-order valence-corrected chi connectivity index (χ3v) is 11.7. The molecule has 0 saturated heterocycles. The average molecular weight is 514 g/mol. The highest BCUT2D eigenvalue weighted by atomic mass is 28.4. The zero-order chi connectivity index (χ0) is 26.1. The minimum Gasteiger partial charge on any atom is -0.410 e. The smallest absolute Gasteiger partial charge is 0.334 e. The molecule has 36 heavy (non-hydrogen) atoms. The van der Waals surface area contributed by atoms with E-state index in [0.29, 0.717) is 24.4 Å². The number of ether oxygens (including phenoxy) is 1. The quantitative estimate of drug-likeness (QED) is 0.309. The Hall–Kier alpha value is -2.91. The second kappa shape index (κ2) is 10.2. The molecule has 2 aliphatic heterocycles. The van der Waals surface area contributed by atoms with Crippen molar-refractivity contribution in [3.8, 4) is 0 Å². The van der Waals surface area contributed by atoms with Crippen molar-refractivity contribution >= 4 is 32.1 Å². The lowest BCUT2D eigenvalue weighted by atomic mass is 9.92. The Kier molecular flexibility index (Phi) is 7.42. The van der Waals surface area contributed by atoms with E-state index in [2.05, 4.69) is 44.0 Å². The fourth-order valence-electron chi connectivity index (χ4n) is 4.16. The molecule has 192 valence electrons. The van der Waals surface area contributed by atoms with E-state index in [0.717, 1.165) is 5.56 Å². The maximum atomic E-state index is 13.7. The van der Waals surface area contributed by atoms with Gasteiger partial charge in [-0.25, -0.2) is 18.6 Å². The summed E-state index contributed by atoms with van der Waals surface area (Å²) in [6.07, 6.45) is 2.92. The molecule has 9 heteroatoms. The van der Waals surface area contributed by atoms with Crippen LogP contribution in [0.1, 0.15) is 45.3 Å². The first-order valence-electron chi connectivity index (χ1n) is 12.2. The van der Waals surface area contributed by atoms with Crippen LogP contribution in [0, 0.1) is 17.6 Å². The monoisotopic (exact) mass is 513 g/mol. The molecule has 2 heterocycles. The summed E-state index contributed by atoms with van der Waals surface area (Å²) in [6, 6.07) is 12.1. The number of hydrazone groups is 1. The number of esters is 1. The van der Waals surface area contributed by atoms with Gasteiger partial charge in [-0.1, -0.05) is 32.9 Å². The van der Waals surface area contributed by atoms with Gasteiger partial charge in [0.05, 0.1) is 11.8 Å². The van der Waals surface area contributed by atoms with Gasteiger partial charge in [-0.15, -0.1) is 0 Å². The maximum absolute atomic E-state index is 13.7. The predicted octanol–water partition coefficient (Wildman–Crippen LogP) is 6.25. The summed E-state index contributed by atoms with van der Waals surface area (Å²) in [5.41, 5.74) is 1.60. The molecule has 6 nitrogen and oxygen atoms in total. The van der Waals surface area contributed by atoms with Gasteiger partial charge in [0.15, 0.2) is 8.32 Å². The van der Waals surface area contributed by atoms with Crippen molar-refractivity contribution in [3.63, 3.8) is 0 Å². The summed E-state index contributed by atoms with van der Waals surface area (Å²) in [6.45, 7) is 10.9. The van der Waals surface area contributed by atoms with E-state index < -0.39 is 20.3 Å². The van der Waals surface area contributed by atoms with Crippen LogP contribution in [0.25, 0.3) is 0 Å². The highest BCUT2D eigenvalue weighted by molar-refractivity contribution is 6.74. The van der Waals surface area contributed by atoms with Crippen LogP contribution in [-0.2, 0) is 14.0 Å². The van der Waals surface area contributed by atoms with E-state index in [1.54, 1.807) is 29.3 Å². The second-order valence-electron chi connectivity index (χ2n) is 10.8. The number of benzene rings is 2. The lowest BCUT2D eigenvalue weighted by Crippen LogP contribution is -2.42. The molecule has 4 rings (SSSR count). The molecule has 0 N–H and O–H groups in total. The molecule has 3 atom stereocenters. The Bertz CT molecular complexity index is 1140. The Balaban J connectivity index is 1.58. The van der Waals surface area contributed by atoms with E-state index >= 15 is 0 Å². The van der Waals surface area contributed by atoms with Crippen molar-refractivity contribution in [2.75, 3.05) is 11.6 Å². The number of rotatable bonds is 8. The highest BCUT2D eigenvalue weighted by Gasteiger charge is 2.42. The van der Waals surface area contributed by atoms with Crippen LogP contribution in [0.4, 0.5) is 14.5 Å². The first kappa shape index (κ1) is 26.2. The van der Waals surface area contributed by atoms with Crippen molar-refractivity contribution in [3.05, 3.63) is 65.7 Å². The summed E-state index contributed by atoms with van der Waals surface area (Å²) in [5.74, 6) is -0.838. The minimum absolute atomic E-state index is 0.00873. The molecule has 0 radical (unpaired) electrons. The fourth-order valence-corrected chi connectivity index (χ4v) is 5.48. The van der Waals surface area contributed by atoms with Crippen molar-refractivity contribution < 1.29 is 22.7 Å². The number of cyclic esters (lactones) is 1. The normalized spacial score (nSPS) is 21.0. The van der Waals surface area contributed by atoms with Crippen LogP contribution >= 0.6 is 0 Å². The van der Waals surface area contributed by atoms with Crippen molar-refractivity contribution in [1.29, 1.82) is 0 Å². The van der Waals surface area contributed by atoms with E-state index in [1.165, 1.54) is 24.3 Å². The fraction of sp³-hybridized carbons (Fsp3) is 0.444. The second-order valence-corrected chi connectivity index (χ2v) is 15.6. The van der Waals surface area contributed by atoms with Crippen LogP contribution in [-0.4, -0.2) is 39.0 Å². The first-order valence-corrected chi connectivity index (χ1v) is 15.1. The van der Waals surface area contributed by atoms with Crippen LogP contribution in [0.2, 0.25) is 18.1 Å². The number of hydrogen-bond donors (Lipinski definition) is 0. The largest absolute Gasteiger partial charge is 0.410 e. The summed E-state index contributed by atoms with van der Waals surface area (Å²) >= 11 is 0. The summed E-state index contributed by atoms with van der Waals surface area (Å²) in [5, 5.41) is 6.31. The number of hydrogen-bond acceptors (Lipinski definition) is 6. The number of anilines is 1. The molecule has 0 unspecified atom stereocenters. The third kappa shape index (κ3) is 5.73. The minimum atomic E-state index is -2.13. The van der Waals surface area contributed by atoms with Crippen molar-refractivity contribution in [2.45, 2.75) is 63.9 Å². The van der Waals surface area contributed by atoms with Gasteiger partial charge in [-0.3, -0.25) is 5.01 Å². The Morgan fingerprint density at radius 1 is 1.08 bits per heavy atom. The molecule has 0 aromatic heterocycles. The van der Waals surface area contributed by atoms with Gasteiger partial charge < -0.3 is 9.16 Å². The van der Waals surface area contributed by atoms with Crippen molar-refractivity contribution in [2.24, 2.45) is 16.0 Å². The SMILES string of the molecule is CC(C)(C)[Si](C)(C)O[C@@H](CC[C@H]1C=NN(c2ccc(F)cc2)[C@@H]1C1=NCC(=O)O1)c1ccc(F)cc1. The lowest BCUT2D eigenvalue weighted by molar-refractivity contribution is -0.132. The first-order chi connectivity index (χ1) is 16.9. The highest BCUT2D eigenvalue weighted by Crippen LogP contribution is 2.42. The molecule has 0 saturated carbocycles. The standard InChI is InChI=1S/C27H33F2N3O3Si/c1-27(2,3)36(4,5)35-23(18-6-9-20(28)10-7-18)15-8-19-16-31-32(22-13-11-21(29)12-14-22)25(19)26-30-17-24(33)34-26/h6-7,9-14,16,19,23,25H,8,15,17H2,1-5H3/t19-,23-,25-/m0/s1. The molecule has 0 bridgehead atoms. The average Bonchev–Trinajstić information content (AvgIpc) is 3.43. The molecule has 0 amide bonds. The number of carbonyl (C=O) groups excluding carboxylic acids is 1. The number of nitrogens with zero attached hydrogens (tertiary/aromatic N) is 3. The Morgan fingerprint density at radius 2 is 1.69 bits per heavy atom. The number of halogens is 2.